The van der Waals surface area contributed by atoms with Gasteiger partial charge in [0.1, 0.15) is 0 Å². The Morgan fingerprint density at radius 3 is 2.89 bits per heavy atom. The average Bonchev–Trinajstić information content (AvgIpc) is 3.07. The molecule has 2 rings (SSSR count). The molecule has 3 atom stereocenters. The lowest BCUT2D eigenvalue weighted by atomic mass is 9.83. The zero-order valence-electron chi connectivity index (χ0n) is 12.2. The summed E-state index contributed by atoms with van der Waals surface area (Å²) in [4.78, 5) is 10.9. The third kappa shape index (κ3) is 4.46. The van der Waals surface area contributed by atoms with Gasteiger partial charge >= 0.3 is 5.97 Å². The summed E-state index contributed by atoms with van der Waals surface area (Å²) in [6, 6.07) is 0. The highest BCUT2D eigenvalue weighted by Gasteiger charge is 2.55. The van der Waals surface area contributed by atoms with E-state index >= 15 is 0 Å². The van der Waals surface area contributed by atoms with Crippen LogP contribution in [0.3, 0.4) is 0 Å². The molecule has 1 saturated carbocycles. The minimum absolute atomic E-state index is 0.115. The van der Waals surface area contributed by atoms with Gasteiger partial charge in [-0.25, -0.2) is 0 Å². The fraction of sp³-hybridized carbons (Fsp3) is 0.933. The molecule has 4 nitrogen and oxygen atoms in total. The molecule has 0 aromatic heterocycles. The molecule has 3 unspecified atom stereocenters. The Morgan fingerprint density at radius 2 is 2.16 bits per heavy atom. The molecule has 2 fully saturated rings. The maximum Gasteiger partial charge on any atom is 0.305 e. The maximum absolute atomic E-state index is 10.9. The SMILES string of the molecule is COC(=O)CCCCCOCC1CCC2OC2(C)C1. The summed E-state index contributed by atoms with van der Waals surface area (Å²) in [6.07, 6.45) is 7.60. The first-order chi connectivity index (χ1) is 9.14. The first-order valence-electron chi connectivity index (χ1n) is 7.46. The number of unbranched alkanes of at least 4 members (excludes halogenated alkanes) is 2. The number of carbonyl (C=O) groups is 1. The highest BCUT2D eigenvalue weighted by atomic mass is 16.6. The lowest BCUT2D eigenvalue weighted by Crippen LogP contribution is -2.25. The molecule has 1 aliphatic heterocycles. The van der Waals surface area contributed by atoms with Gasteiger partial charge in [0.05, 0.1) is 18.8 Å². The molecule has 1 heterocycles. The van der Waals surface area contributed by atoms with E-state index in [2.05, 4.69) is 11.7 Å². The Labute approximate surface area is 115 Å². The predicted octanol–water partition coefficient (Wildman–Crippen LogP) is 2.69. The number of fused-ring (bicyclic) bond motifs is 1. The van der Waals surface area contributed by atoms with Crippen molar-refractivity contribution in [2.75, 3.05) is 20.3 Å². The van der Waals surface area contributed by atoms with Gasteiger partial charge in [-0.15, -0.1) is 0 Å². The minimum Gasteiger partial charge on any atom is -0.469 e. The second-order valence-corrected chi connectivity index (χ2v) is 6.03. The molecule has 19 heavy (non-hydrogen) atoms. The molecule has 1 aliphatic carbocycles. The Balaban J connectivity index is 1.43. The van der Waals surface area contributed by atoms with Gasteiger partial charge in [-0.3, -0.25) is 4.79 Å². The molecule has 0 radical (unpaired) electrons. The largest absolute Gasteiger partial charge is 0.469 e. The van der Waals surface area contributed by atoms with Gasteiger partial charge < -0.3 is 14.2 Å². The molecule has 0 bridgehead atoms. The van der Waals surface area contributed by atoms with Crippen LogP contribution in [0.1, 0.15) is 51.9 Å². The quantitative estimate of drug-likeness (QED) is 0.386. The summed E-state index contributed by atoms with van der Waals surface area (Å²) in [5, 5.41) is 0. The van der Waals surface area contributed by atoms with Crippen LogP contribution in [0.5, 0.6) is 0 Å². The van der Waals surface area contributed by atoms with Crippen molar-refractivity contribution in [3.8, 4) is 0 Å². The van der Waals surface area contributed by atoms with Crippen LogP contribution in [0.4, 0.5) is 0 Å². The van der Waals surface area contributed by atoms with Crippen LogP contribution < -0.4 is 0 Å². The molecule has 0 amide bonds. The van der Waals surface area contributed by atoms with Crippen molar-refractivity contribution in [3.05, 3.63) is 0 Å². The highest BCUT2D eigenvalue weighted by Crippen LogP contribution is 2.49. The molecule has 4 heteroatoms. The van der Waals surface area contributed by atoms with Gasteiger partial charge in [-0.2, -0.15) is 0 Å². The van der Waals surface area contributed by atoms with E-state index in [-0.39, 0.29) is 11.6 Å². The van der Waals surface area contributed by atoms with E-state index in [0.29, 0.717) is 18.4 Å². The third-order valence-electron chi connectivity index (χ3n) is 4.32. The first kappa shape index (κ1) is 14.8. The molecule has 0 aromatic carbocycles. The molecular formula is C15H26O4. The fourth-order valence-corrected chi connectivity index (χ4v) is 3.04. The van der Waals surface area contributed by atoms with E-state index < -0.39 is 0 Å². The van der Waals surface area contributed by atoms with Crippen LogP contribution in [0.15, 0.2) is 0 Å². The number of methoxy groups -OCH3 is 1. The van der Waals surface area contributed by atoms with Crippen molar-refractivity contribution in [1.29, 1.82) is 0 Å². The fourth-order valence-electron chi connectivity index (χ4n) is 3.04. The third-order valence-corrected chi connectivity index (χ3v) is 4.32. The van der Waals surface area contributed by atoms with Crippen LogP contribution in [0.25, 0.3) is 0 Å². The number of esters is 1. The van der Waals surface area contributed by atoms with E-state index in [1.807, 2.05) is 0 Å². The summed E-state index contributed by atoms with van der Waals surface area (Å²) in [7, 11) is 1.43. The lowest BCUT2D eigenvalue weighted by molar-refractivity contribution is -0.140. The van der Waals surface area contributed by atoms with Crippen LogP contribution in [-0.2, 0) is 19.0 Å². The molecule has 1 saturated heterocycles. The smallest absolute Gasteiger partial charge is 0.305 e. The van der Waals surface area contributed by atoms with Gasteiger partial charge in [0, 0.05) is 19.6 Å². The van der Waals surface area contributed by atoms with E-state index in [1.165, 1.54) is 20.0 Å². The van der Waals surface area contributed by atoms with Crippen LogP contribution in [-0.4, -0.2) is 38.0 Å². The second-order valence-electron chi connectivity index (χ2n) is 6.03. The minimum atomic E-state index is -0.115. The number of hydrogen-bond acceptors (Lipinski definition) is 4. The zero-order valence-corrected chi connectivity index (χ0v) is 12.2. The molecular weight excluding hydrogens is 244 g/mol. The van der Waals surface area contributed by atoms with Crippen LogP contribution >= 0.6 is 0 Å². The van der Waals surface area contributed by atoms with E-state index in [0.717, 1.165) is 38.9 Å². The van der Waals surface area contributed by atoms with Crippen LogP contribution in [0, 0.1) is 5.92 Å². The number of rotatable bonds is 8. The van der Waals surface area contributed by atoms with E-state index in [1.54, 1.807) is 0 Å². The number of ether oxygens (including phenoxy) is 3. The van der Waals surface area contributed by atoms with Crippen molar-refractivity contribution in [3.63, 3.8) is 0 Å². The summed E-state index contributed by atoms with van der Waals surface area (Å²) in [5.74, 6) is 0.550. The van der Waals surface area contributed by atoms with Crippen molar-refractivity contribution >= 4 is 5.97 Å². The second kappa shape index (κ2) is 6.71. The van der Waals surface area contributed by atoms with Crippen molar-refractivity contribution in [2.45, 2.75) is 63.6 Å². The molecule has 0 N–H and O–H groups in total. The van der Waals surface area contributed by atoms with E-state index in [4.69, 9.17) is 9.47 Å². The van der Waals surface area contributed by atoms with Crippen LogP contribution in [0.2, 0.25) is 0 Å². The Morgan fingerprint density at radius 1 is 1.32 bits per heavy atom. The zero-order chi connectivity index (χ0) is 13.7. The first-order valence-corrected chi connectivity index (χ1v) is 7.46. The Kier molecular flexibility index (Phi) is 5.22. The monoisotopic (exact) mass is 270 g/mol. The van der Waals surface area contributed by atoms with Gasteiger partial charge in [0.2, 0.25) is 0 Å². The predicted molar refractivity (Wildman–Crippen MR) is 71.9 cm³/mol. The molecule has 0 spiro atoms. The standard InChI is InChI=1S/C15H26O4/c1-15-10-12(7-8-13(15)19-15)11-18-9-5-3-4-6-14(16)17-2/h12-13H,3-11H2,1-2H3. The number of epoxide rings is 1. The number of hydrogen-bond donors (Lipinski definition) is 0. The molecule has 0 aromatic rings. The Hall–Kier alpha value is -0.610. The lowest BCUT2D eigenvalue weighted by Gasteiger charge is -2.23. The van der Waals surface area contributed by atoms with Gasteiger partial charge in [-0.05, 0) is 44.9 Å². The summed E-state index contributed by atoms with van der Waals surface area (Å²) < 4.78 is 16.0. The highest BCUT2D eigenvalue weighted by molar-refractivity contribution is 5.68. The summed E-state index contributed by atoms with van der Waals surface area (Å²) in [6.45, 7) is 3.89. The van der Waals surface area contributed by atoms with Gasteiger partial charge in [0.15, 0.2) is 0 Å². The van der Waals surface area contributed by atoms with Gasteiger partial charge in [-0.1, -0.05) is 6.42 Å². The molecule has 110 valence electrons. The van der Waals surface area contributed by atoms with Crippen molar-refractivity contribution in [2.24, 2.45) is 5.92 Å². The van der Waals surface area contributed by atoms with Gasteiger partial charge in [0.25, 0.3) is 0 Å². The van der Waals surface area contributed by atoms with E-state index in [9.17, 15) is 4.79 Å². The maximum atomic E-state index is 10.9. The van der Waals surface area contributed by atoms with Crippen molar-refractivity contribution < 1.29 is 19.0 Å². The Bertz CT molecular complexity index is 305. The normalized spacial score (nSPS) is 32.7. The summed E-state index contributed by atoms with van der Waals surface area (Å²) >= 11 is 0. The topological polar surface area (TPSA) is 48.1 Å². The summed E-state index contributed by atoms with van der Waals surface area (Å²) in [5.41, 5.74) is 0.173. The number of carbonyl (C=O) groups excluding carboxylic acids is 1. The average molecular weight is 270 g/mol. The molecule has 2 aliphatic rings. The van der Waals surface area contributed by atoms with Crippen molar-refractivity contribution in [1.82, 2.24) is 0 Å².